The monoisotopic (exact) mass is 234 g/mol. The molecule has 4 heteroatoms. The van der Waals surface area contributed by atoms with Crippen LogP contribution in [0.5, 0.6) is 5.88 Å². The zero-order valence-corrected chi connectivity index (χ0v) is 10.1. The number of hydrogen-bond donors (Lipinski definition) is 1. The van der Waals surface area contributed by atoms with Gasteiger partial charge in [-0.05, 0) is 25.8 Å². The molecule has 92 valence electrons. The Hall–Kier alpha value is -1.58. The minimum absolute atomic E-state index is 0.155. The average molecular weight is 234 g/mol. The number of pyridine rings is 1. The number of rotatable bonds is 5. The Labute approximate surface area is 101 Å². The minimum atomic E-state index is 0.155. The van der Waals surface area contributed by atoms with Gasteiger partial charge in [0.05, 0.1) is 6.61 Å². The van der Waals surface area contributed by atoms with Gasteiger partial charge in [0.25, 0.3) is 0 Å². The van der Waals surface area contributed by atoms with E-state index < -0.39 is 0 Å². The molecular weight excluding hydrogens is 216 g/mol. The van der Waals surface area contributed by atoms with Crippen molar-refractivity contribution in [3.63, 3.8) is 0 Å². The molecule has 4 nitrogen and oxygen atoms in total. The third-order valence-corrected chi connectivity index (χ3v) is 3.06. The van der Waals surface area contributed by atoms with Gasteiger partial charge in [-0.15, -0.1) is 0 Å². The van der Waals surface area contributed by atoms with E-state index >= 15 is 0 Å². The fourth-order valence-electron chi connectivity index (χ4n) is 1.82. The van der Waals surface area contributed by atoms with Gasteiger partial charge in [0, 0.05) is 24.2 Å². The van der Waals surface area contributed by atoms with Gasteiger partial charge in [-0.25, -0.2) is 4.98 Å². The van der Waals surface area contributed by atoms with E-state index in [1.54, 1.807) is 6.20 Å². The first-order chi connectivity index (χ1) is 8.31. The molecule has 0 radical (unpaired) electrons. The lowest BCUT2D eigenvalue weighted by atomic mass is 9.85. The number of carbonyl (C=O) groups excluding carboxylic acids is 1. The number of nitrogens with zero attached hydrogens (tertiary/aromatic N) is 1. The maximum Gasteiger partial charge on any atom is 0.223 e. The highest BCUT2D eigenvalue weighted by Crippen LogP contribution is 2.26. The Balaban J connectivity index is 1.91. The van der Waals surface area contributed by atoms with E-state index in [0.717, 1.165) is 18.4 Å². The first-order valence-electron chi connectivity index (χ1n) is 6.15. The largest absolute Gasteiger partial charge is 0.478 e. The zero-order chi connectivity index (χ0) is 12.1. The van der Waals surface area contributed by atoms with Crippen molar-refractivity contribution in [3.05, 3.63) is 23.9 Å². The Bertz CT molecular complexity index is 389. The van der Waals surface area contributed by atoms with Crippen molar-refractivity contribution in [2.45, 2.75) is 32.7 Å². The third-order valence-electron chi connectivity index (χ3n) is 3.06. The number of hydrogen-bond acceptors (Lipinski definition) is 3. The minimum Gasteiger partial charge on any atom is -0.478 e. The van der Waals surface area contributed by atoms with Crippen LogP contribution in [-0.2, 0) is 11.3 Å². The zero-order valence-electron chi connectivity index (χ0n) is 10.1. The quantitative estimate of drug-likeness (QED) is 0.846. The first kappa shape index (κ1) is 11.9. The Kier molecular flexibility index (Phi) is 3.96. The van der Waals surface area contributed by atoms with Crippen LogP contribution < -0.4 is 10.1 Å². The fourth-order valence-corrected chi connectivity index (χ4v) is 1.82. The van der Waals surface area contributed by atoms with E-state index in [2.05, 4.69) is 10.3 Å². The summed E-state index contributed by atoms with van der Waals surface area (Å²) in [5.74, 6) is 0.994. The third kappa shape index (κ3) is 2.96. The molecule has 0 bridgehead atoms. The van der Waals surface area contributed by atoms with Gasteiger partial charge in [-0.2, -0.15) is 0 Å². The smallest absolute Gasteiger partial charge is 0.223 e. The van der Waals surface area contributed by atoms with Crippen LogP contribution in [0.3, 0.4) is 0 Å². The molecule has 17 heavy (non-hydrogen) atoms. The van der Waals surface area contributed by atoms with Crippen LogP contribution >= 0.6 is 0 Å². The SMILES string of the molecule is CCOc1ncccc1CNC(=O)C1CCC1. The van der Waals surface area contributed by atoms with Crippen LogP contribution in [0.15, 0.2) is 18.3 Å². The second-order valence-electron chi connectivity index (χ2n) is 4.25. The Morgan fingerprint density at radius 3 is 3.06 bits per heavy atom. The lowest BCUT2D eigenvalue weighted by molar-refractivity contribution is -0.127. The summed E-state index contributed by atoms with van der Waals surface area (Å²) in [4.78, 5) is 15.8. The molecule has 1 aliphatic rings. The molecule has 0 spiro atoms. The molecule has 2 rings (SSSR count). The van der Waals surface area contributed by atoms with E-state index in [1.165, 1.54) is 6.42 Å². The van der Waals surface area contributed by atoms with Crippen LogP contribution in [0.25, 0.3) is 0 Å². The summed E-state index contributed by atoms with van der Waals surface area (Å²) in [6.45, 7) is 3.00. The Morgan fingerprint density at radius 1 is 1.59 bits per heavy atom. The van der Waals surface area contributed by atoms with E-state index in [9.17, 15) is 4.79 Å². The highest BCUT2D eigenvalue weighted by Gasteiger charge is 2.24. The molecule has 1 N–H and O–H groups in total. The van der Waals surface area contributed by atoms with Crippen molar-refractivity contribution in [1.82, 2.24) is 10.3 Å². The van der Waals surface area contributed by atoms with Gasteiger partial charge in [0.1, 0.15) is 0 Å². The predicted octanol–water partition coefficient (Wildman–Crippen LogP) is 1.90. The van der Waals surface area contributed by atoms with Gasteiger partial charge in [0.15, 0.2) is 0 Å². The van der Waals surface area contributed by atoms with Crippen molar-refractivity contribution < 1.29 is 9.53 Å². The molecule has 1 fully saturated rings. The van der Waals surface area contributed by atoms with Crippen LogP contribution in [0, 0.1) is 5.92 Å². The number of nitrogens with one attached hydrogen (secondary N) is 1. The predicted molar refractivity (Wildman–Crippen MR) is 64.6 cm³/mol. The summed E-state index contributed by atoms with van der Waals surface area (Å²) in [5.41, 5.74) is 0.932. The van der Waals surface area contributed by atoms with Crippen molar-refractivity contribution in [1.29, 1.82) is 0 Å². The number of amides is 1. The van der Waals surface area contributed by atoms with E-state index in [-0.39, 0.29) is 11.8 Å². The summed E-state index contributed by atoms with van der Waals surface area (Å²) in [6.07, 6.45) is 4.92. The molecule has 1 aliphatic carbocycles. The maximum absolute atomic E-state index is 11.7. The van der Waals surface area contributed by atoms with Crippen molar-refractivity contribution in [2.24, 2.45) is 5.92 Å². The molecule has 1 aromatic rings. The van der Waals surface area contributed by atoms with E-state index in [0.29, 0.717) is 19.0 Å². The second kappa shape index (κ2) is 5.66. The van der Waals surface area contributed by atoms with Crippen molar-refractivity contribution >= 4 is 5.91 Å². The van der Waals surface area contributed by atoms with Crippen molar-refractivity contribution in [3.8, 4) is 5.88 Å². The second-order valence-corrected chi connectivity index (χ2v) is 4.25. The molecule has 0 aromatic carbocycles. The summed E-state index contributed by atoms with van der Waals surface area (Å²) >= 11 is 0. The van der Waals surface area contributed by atoms with Gasteiger partial charge in [-0.3, -0.25) is 4.79 Å². The van der Waals surface area contributed by atoms with Crippen LogP contribution in [0.1, 0.15) is 31.7 Å². The number of ether oxygens (including phenoxy) is 1. The van der Waals surface area contributed by atoms with Gasteiger partial charge >= 0.3 is 0 Å². The molecule has 0 aliphatic heterocycles. The number of carbonyl (C=O) groups is 1. The highest BCUT2D eigenvalue weighted by atomic mass is 16.5. The number of aromatic nitrogens is 1. The summed E-state index contributed by atoms with van der Waals surface area (Å²) in [7, 11) is 0. The standard InChI is InChI=1S/C13H18N2O2/c1-2-17-13-11(7-4-8-14-13)9-15-12(16)10-5-3-6-10/h4,7-8,10H,2-3,5-6,9H2,1H3,(H,15,16). The van der Waals surface area contributed by atoms with E-state index in [1.807, 2.05) is 19.1 Å². The molecule has 0 atom stereocenters. The lowest BCUT2D eigenvalue weighted by Gasteiger charge is -2.24. The van der Waals surface area contributed by atoms with Gasteiger partial charge in [-0.1, -0.05) is 12.5 Å². The van der Waals surface area contributed by atoms with Crippen LogP contribution in [0.4, 0.5) is 0 Å². The average Bonchev–Trinajstić information content (AvgIpc) is 2.26. The first-order valence-corrected chi connectivity index (χ1v) is 6.15. The fraction of sp³-hybridized carbons (Fsp3) is 0.538. The highest BCUT2D eigenvalue weighted by molar-refractivity contribution is 5.79. The van der Waals surface area contributed by atoms with E-state index in [4.69, 9.17) is 4.74 Å². The molecule has 1 saturated carbocycles. The molecule has 0 saturated heterocycles. The molecular formula is C13H18N2O2. The van der Waals surface area contributed by atoms with Gasteiger partial charge in [0.2, 0.25) is 11.8 Å². The normalized spacial score (nSPS) is 15.1. The van der Waals surface area contributed by atoms with Gasteiger partial charge < -0.3 is 10.1 Å². The van der Waals surface area contributed by atoms with Crippen LogP contribution in [-0.4, -0.2) is 17.5 Å². The molecule has 0 unspecified atom stereocenters. The van der Waals surface area contributed by atoms with Crippen LogP contribution in [0.2, 0.25) is 0 Å². The summed E-state index contributed by atoms with van der Waals surface area (Å²) < 4.78 is 5.41. The lowest BCUT2D eigenvalue weighted by Crippen LogP contribution is -2.34. The summed E-state index contributed by atoms with van der Waals surface area (Å²) in [6, 6.07) is 3.78. The topological polar surface area (TPSA) is 51.2 Å². The summed E-state index contributed by atoms with van der Waals surface area (Å²) in [5, 5.41) is 2.94. The molecule has 1 heterocycles. The molecule has 1 aromatic heterocycles. The maximum atomic E-state index is 11.7. The Morgan fingerprint density at radius 2 is 2.41 bits per heavy atom. The molecule has 1 amide bonds. The van der Waals surface area contributed by atoms with Crippen molar-refractivity contribution in [2.75, 3.05) is 6.61 Å².